The number of aliphatic hydroxyl groups excluding tert-OH is 1. The van der Waals surface area contributed by atoms with Crippen LogP contribution in [0.2, 0.25) is 0 Å². The second-order valence-electron chi connectivity index (χ2n) is 7.09. The first-order chi connectivity index (χ1) is 10.6. The van der Waals surface area contributed by atoms with E-state index >= 15 is 0 Å². The number of methoxy groups -OCH3 is 1. The number of rotatable bonds is 1. The number of aryl methyl sites for hydroxylation is 1. The van der Waals surface area contributed by atoms with E-state index in [9.17, 15) is 9.90 Å². The highest BCUT2D eigenvalue weighted by molar-refractivity contribution is 5.90. The largest absolute Gasteiger partial charge is 0.497 e. The third-order valence-corrected chi connectivity index (χ3v) is 6.24. The van der Waals surface area contributed by atoms with Gasteiger partial charge in [0.05, 0.1) is 18.6 Å². The van der Waals surface area contributed by atoms with Gasteiger partial charge in [0.15, 0.2) is 0 Å². The maximum Gasteiger partial charge on any atom is 0.141 e. The minimum Gasteiger partial charge on any atom is -0.497 e. The lowest BCUT2D eigenvalue weighted by Crippen LogP contribution is -2.47. The van der Waals surface area contributed by atoms with E-state index < -0.39 is 11.5 Å². The van der Waals surface area contributed by atoms with Crippen LogP contribution < -0.4 is 4.74 Å². The molecule has 22 heavy (non-hydrogen) atoms. The Balaban J connectivity index is 1.82. The highest BCUT2D eigenvalue weighted by Crippen LogP contribution is 2.57. The van der Waals surface area contributed by atoms with Crippen molar-refractivity contribution in [1.82, 2.24) is 0 Å². The fourth-order valence-electron chi connectivity index (χ4n) is 4.89. The highest BCUT2D eigenvalue weighted by Gasteiger charge is 2.56. The minimum absolute atomic E-state index is 0.237. The van der Waals surface area contributed by atoms with Crippen molar-refractivity contribution in [2.75, 3.05) is 7.11 Å². The van der Waals surface area contributed by atoms with Gasteiger partial charge in [0.2, 0.25) is 0 Å². The summed E-state index contributed by atoms with van der Waals surface area (Å²) in [5, 5.41) is 10.7. The molecule has 0 spiro atoms. The Hall–Kier alpha value is -1.61. The van der Waals surface area contributed by atoms with Crippen LogP contribution in [0.4, 0.5) is 0 Å². The molecule has 0 saturated heterocycles. The summed E-state index contributed by atoms with van der Waals surface area (Å²) in [6.07, 6.45) is 4.91. The number of ketones is 1. The predicted molar refractivity (Wildman–Crippen MR) is 84.6 cm³/mol. The van der Waals surface area contributed by atoms with Gasteiger partial charge in [0.1, 0.15) is 11.5 Å². The number of hydrogen-bond donors (Lipinski definition) is 1. The second kappa shape index (κ2) is 4.69. The van der Waals surface area contributed by atoms with E-state index in [1.165, 1.54) is 16.7 Å². The van der Waals surface area contributed by atoms with Gasteiger partial charge in [-0.25, -0.2) is 0 Å². The van der Waals surface area contributed by atoms with Crippen molar-refractivity contribution in [2.45, 2.75) is 38.7 Å². The van der Waals surface area contributed by atoms with Gasteiger partial charge in [-0.1, -0.05) is 12.1 Å². The molecule has 0 radical (unpaired) electrons. The second-order valence-corrected chi connectivity index (χ2v) is 7.09. The molecular formula is C19H22O3. The third kappa shape index (κ3) is 1.69. The molecule has 116 valence electrons. The fourth-order valence-corrected chi connectivity index (χ4v) is 4.89. The summed E-state index contributed by atoms with van der Waals surface area (Å²) in [6, 6.07) is 6.20. The van der Waals surface area contributed by atoms with Gasteiger partial charge >= 0.3 is 0 Å². The van der Waals surface area contributed by atoms with Crippen LogP contribution in [0.3, 0.4) is 0 Å². The summed E-state index contributed by atoms with van der Waals surface area (Å²) in [4.78, 5) is 12.3. The summed E-state index contributed by atoms with van der Waals surface area (Å²) in [5.41, 5.74) is 3.20. The Morgan fingerprint density at radius 3 is 2.86 bits per heavy atom. The maximum atomic E-state index is 12.3. The third-order valence-electron chi connectivity index (χ3n) is 6.24. The first-order valence-electron chi connectivity index (χ1n) is 8.16. The van der Waals surface area contributed by atoms with E-state index in [1.54, 1.807) is 7.11 Å². The highest BCUT2D eigenvalue weighted by atomic mass is 16.5. The van der Waals surface area contributed by atoms with Gasteiger partial charge in [0, 0.05) is 6.42 Å². The zero-order chi connectivity index (χ0) is 15.5. The van der Waals surface area contributed by atoms with Crippen molar-refractivity contribution >= 4 is 11.4 Å². The molecule has 4 atom stereocenters. The van der Waals surface area contributed by atoms with E-state index in [-0.39, 0.29) is 11.7 Å². The van der Waals surface area contributed by atoms with Gasteiger partial charge in [0.25, 0.3) is 0 Å². The van der Waals surface area contributed by atoms with Gasteiger partial charge < -0.3 is 9.84 Å². The molecule has 3 nitrogen and oxygen atoms in total. The van der Waals surface area contributed by atoms with Crippen molar-refractivity contribution in [1.29, 1.82) is 0 Å². The Labute approximate surface area is 131 Å². The van der Waals surface area contributed by atoms with Crippen LogP contribution in [0.25, 0.3) is 5.57 Å². The number of benzene rings is 1. The summed E-state index contributed by atoms with van der Waals surface area (Å²) >= 11 is 0. The first-order valence-corrected chi connectivity index (χ1v) is 8.16. The Kier molecular flexibility index (Phi) is 2.99. The zero-order valence-corrected chi connectivity index (χ0v) is 13.1. The van der Waals surface area contributed by atoms with E-state index in [4.69, 9.17) is 4.74 Å². The van der Waals surface area contributed by atoms with Crippen LogP contribution in [0.1, 0.15) is 37.3 Å². The average molecular weight is 298 g/mol. The quantitative estimate of drug-likeness (QED) is 0.867. The van der Waals surface area contributed by atoms with E-state index in [2.05, 4.69) is 12.1 Å². The molecule has 3 heteroatoms. The maximum absolute atomic E-state index is 12.3. The Bertz CT molecular complexity index is 675. The molecule has 1 aromatic rings. The SMILES string of the molecule is COc1ccc2c(c1)CCC1C2=CC(O)C2(C)C(=O)CCC12. The zero-order valence-electron chi connectivity index (χ0n) is 13.1. The molecule has 3 aliphatic carbocycles. The van der Waals surface area contributed by atoms with Crippen molar-refractivity contribution in [3.63, 3.8) is 0 Å². The topological polar surface area (TPSA) is 46.5 Å². The van der Waals surface area contributed by atoms with Crippen LogP contribution in [-0.4, -0.2) is 24.1 Å². The number of fused-ring (bicyclic) bond motifs is 5. The van der Waals surface area contributed by atoms with Crippen molar-refractivity contribution < 1.29 is 14.6 Å². The number of carbonyl (C=O) groups excluding carboxylic acids is 1. The van der Waals surface area contributed by atoms with E-state index in [0.29, 0.717) is 12.3 Å². The Morgan fingerprint density at radius 1 is 1.27 bits per heavy atom. The summed E-state index contributed by atoms with van der Waals surface area (Å²) < 4.78 is 5.32. The molecule has 1 aromatic carbocycles. The van der Waals surface area contributed by atoms with Crippen molar-refractivity contribution in [2.24, 2.45) is 17.3 Å². The molecule has 4 unspecified atom stereocenters. The summed E-state index contributed by atoms with van der Waals surface area (Å²) in [6.45, 7) is 1.97. The number of carbonyl (C=O) groups is 1. The predicted octanol–water partition coefficient (Wildman–Crippen LogP) is 3.00. The molecule has 0 amide bonds. The van der Waals surface area contributed by atoms with Gasteiger partial charge in [-0.2, -0.15) is 0 Å². The van der Waals surface area contributed by atoms with Crippen molar-refractivity contribution in [3.05, 3.63) is 35.4 Å². The number of hydrogen-bond acceptors (Lipinski definition) is 3. The lowest BCUT2D eigenvalue weighted by Gasteiger charge is -2.45. The monoisotopic (exact) mass is 298 g/mol. The van der Waals surface area contributed by atoms with Crippen LogP contribution in [0, 0.1) is 17.3 Å². The smallest absolute Gasteiger partial charge is 0.141 e. The van der Waals surface area contributed by atoms with Crippen molar-refractivity contribution in [3.8, 4) is 5.75 Å². The number of allylic oxidation sites excluding steroid dienone is 1. The molecule has 0 aromatic heterocycles. The summed E-state index contributed by atoms with van der Waals surface area (Å²) in [5.74, 6) is 1.81. The Morgan fingerprint density at radius 2 is 2.09 bits per heavy atom. The molecule has 1 saturated carbocycles. The first kappa shape index (κ1) is 14.0. The van der Waals surface area contributed by atoms with E-state index in [1.807, 2.05) is 19.1 Å². The van der Waals surface area contributed by atoms with E-state index in [0.717, 1.165) is 25.0 Å². The number of ether oxygens (including phenoxy) is 1. The van der Waals surface area contributed by atoms with Gasteiger partial charge in [-0.05, 0) is 66.9 Å². The van der Waals surface area contributed by atoms with Gasteiger partial charge in [-0.3, -0.25) is 4.79 Å². The molecule has 1 N–H and O–H groups in total. The summed E-state index contributed by atoms with van der Waals surface area (Å²) in [7, 11) is 1.69. The number of aliphatic hydroxyl groups is 1. The molecule has 0 bridgehead atoms. The molecule has 3 aliphatic rings. The molecule has 4 rings (SSSR count). The van der Waals surface area contributed by atoms with Crippen LogP contribution in [0.5, 0.6) is 5.75 Å². The number of Topliss-reactive ketones (excluding diaryl/α,β-unsaturated/α-hetero) is 1. The molecule has 1 fully saturated rings. The van der Waals surface area contributed by atoms with Crippen LogP contribution in [0.15, 0.2) is 24.3 Å². The fraction of sp³-hybridized carbons (Fsp3) is 0.526. The minimum atomic E-state index is -0.660. The van der Waals surface area contributed by atoms with Gasteiger partial charge in [-0.15, -0.1) is 0 Å². The molecule has 0 heterocycles. The standard InChI is InChI=1S/C19H22O3/c1-19-16(7-8-17(19)20)14-5-3-11-9-12(22-2)4-6-13(11)15(14)10-18(19)21/h4,6,9-10,14,16,18,21H,3,5,7-8H2,1-2H3. The molecular weight excluding hydrogens is 276 g/mol. The van der Waals surface area contributed by atoms with Crippen LogP contribution >= 0.6 is 0 Å². The lowest BCUT2D eigenvalue weighted by atomic mass is 9.59. The average Bonchev–Trinajstić information content (AvgIpc) is 2.84. The molecule has 0 aliphatic heterocycles. The lowest BCUT2D eigenvalue weighted by molar-refractivity contribution is -0.132. The normalized spacial score (nSPS) is 36.2. The van der Waals surface area contributed by atoms with Crippen LogP contribution in [-0.2, 0) is 11.2 Å².